The van der Waals surface area contributed by atoms with E-state index in [2.05, 4.69) is 16.9 Å². The number of rotatable bonds is 11. The summed E-state index contributed by atoms with van der Waals surface area (Å²) in [5, 5.41) is 11.3. The molecular weight excluding hydrogens is 432 g/mol. The molecule has 1 saturated carbocycles. The van der Waals surface area contributed by atoms with E-state index in [1.807, 2.05) is 18.2 Å². The van der Waals surface area contributed by atoms with Crippen LogP contribution in [0, 0.1) is 5.92 Å². The lowest BCUT2D eigenvalue weighted by Gasteiger charge is -2.31. The van der Waals surface area contributed by atoms with Gasteiger partial charge in [-0.05, 0) is 60.9 Å². The Hall–Kier alpha value is -3.61. The number of methoxy groups -OCH3 is 1. The fraction of sp³-hybridized carbons (Fsp3) is 0.370. The van der Waals surface area contributed by atoms with Gasteiger partial charge in [-0.3, -0.25) is 14.6 Å². The second-order valence-corrected chi connectivity index (χ2v) is 8.39. The number of ether oxygens (including phenoxy) is 2. The molecule has 0 radical (unpaired) electrons. The number of carboxylic acid groups (broad SMARTS) is 1. The molecule has 0 spiro atoms. The Balaban J connectivity index is 1.75. The summed E-state index contributed by atoms with van der Waals surface area (Å²) in [5.41, 5.74) is 2.14. The van der Waals surface area contributed by atoms with Gasteiger partial charge in [-0.15, -0.1) is 0 Å². The number of amides is 1. The highest BCUT2D eigenvalue weighted by molar-refractivity contribution is 5.94. The number of hydrogen-bond acceptors (Lipinski definition) is 5. The minimum Gasteiger partial charge on any atom is -0.496 e. The maximum absolute atomic E-state index is 12.2. The highest BCUT2D eigenvalue weighted by atomic mass is 16.5. The van der Waals surface area contributed by atoms with Gasteiger partial charge in [0.2, 0.25) is 0 Å². The van der Waals surface area contributed by atoms with E-state index in [0.717, 1.165) is 36.8 Å². The molecule has 0 bridgehead atoms. The lowest BCUT2D eigenvalue weighted by Crippen LogP contribution is -2.30. The number of hydrogen-bond donors (Lipinski definition) is 2. The van der Waals surface area contributed by atoms with Gasteiger partial charge in [0.25, 0.3) is 5.91 Å². The molecule has 3 rings (SSSR count). The molecule has 0 aliphatic heterocycles. The van der Waals surface area contributed by atoms with Crippen molar-refractivity contribution in [2.75, 3.05) is 13.7 Å². The Bertz CT molecular complexity index is 995. The molecule has 180 valence electrons. The highest BCUT2D eigenvalue weighted by Gasteiger charge is 2.27. The molecule has 1 atom stereocenters. The maximum Gasteiger partial charge on any atom is 0.305 e. The lowest BCUT2D eigenvalue weighted by atomic mass is 9.82. The van der Waals surface area contributed by atoms with Crippen molar-refractivity contribution in [1.82, 2.24) is 10.3 Å². The largest absolute Gasteiger partial charge is 0.496 e. The minimum absolute atomic E-state index is 0.0844. The third-order valence-electron chi connectivity index (χ3n) is 5.93. The average Bonchev–Trinajstić information content (AvgIpc) is 2.86. The molecule has 34 heavy (non-hydrogen) atoms. The summed E-state index contributed by atoms with van der Waals surface area (Å²) < 4.78 is 12.0. The summed E-state index contributed by atoms with van der Waals surface area (Å²) in [6.07, 6.45) is 10.7. The van der Waals surface area contributed by atoms with Crippen LogP contribution >= 0.6 is 0 Å². The van der Waals surface area contributed by atoms with E-state index < -0.39 is 5.97 Å². The van der Waals surface area contributed by atoms with E-state index in [4.69, 9.17) is 14.6 Å². The van der Waals surface area contributed by atoms with Crippen LogP contribution in [0.15, 0.2) is 67.0 Å². The van der Waals surface area contributed by atoms with Gasteiger partial charge in [0.15, 0.2) is 0 Å². The Morgan fingerprint density at radius 3 is 2.53 bits per heavy atom. The number of carbonyl (C=O) groups is 2. The second-order valence-electron chi connectivity index (χ2n) is 8.39. The lowest BCUT2D eigenvalue weighted by molar-refractivity contribution is -0.136. The van der Waals surface area contributed by atoms with Crippen LogP contribution in [0.1, 0.15) is 54.4 Å². The molecule has 0 saturated heterocycles. The summed E-state index contributed by atoms with van der Waals surface area (Å²) in [7, 11) is 1.63. The van der Waals surface area contributed by atoms with Gasteiger partial charge >= 0.3 is 5.97 Å². The van der Waals surface area contributed by atoms with Crippen molar-refractivity contribution in [3.8, 4) is 5.75 Å². The van der Waals surface area contributed by atoms with E-state index in [0.29, 0.717) is 23.0 Å². The molecule has 1 aliphatic carbocycles. The first kappa shape index (κ1) is 25.0. The van der Waals surface area contributed by atoms with Gasteiger partial charge in [0.1, 0.15) is 17.6 Å². The molecule has 2 aromatic rings. The quantitative estimate of drug-likeness (QED) is 0.364. The third kappa shape index (κ3) is 7.20. The van der Waals surface area contributed by atoms with E-state index in [1.165, 1.54) is 6.42 Å². The number of carboxylic acids is 1. The SMILES string of the molecule is C=C(/C=C(\OC)c1cccnc1)C(Oc1ccc(C(=O)NCCC(=O)O)cc1)C1CCCCC1. The van der Waals surface area contributed by atoms with Crippen molar-refractivity contribution in [2.24, 2.45) is 5.92 Å². The predicted molar refractivity (Wildman–Crippen MR) is 130 cm³/mol. The molecule has 1 aromatic heterocycles. The van der Waals surface area contributed by atoms with E-state index in [1.54, 1.807) is 43.8 Å². The summed E-state index contributed by atoms with van der Waals surface area (Å²) in [6, 6.07) is 10.7. The van der Waals surface area contributed by atoms with Gasteiger partial charge in [-0.25, -0.2) is 0 Å². The molecular formula is C27H32N2O5. The Kier molecular flexibility index (Phi) is 9.26. The van der Waals surface area contributed by atoms with Crippen LogP contribution < -0.4 is 10.1 Å². The minimum atomic E-state index is -0.952. The first-order valence-electron chi connectivity index (χ1n) is 11.6. The zero-order valence-corrected chi connectivity index (χ0v) is 19.5. The van der Waals surface area contributed by atoms with Crippen molar-refractivity contribution < 1.29 is 24.2 Å². The third-order valence-corrected chi connectivity index (χ3v) is 5.93. The second kappa shape index (κ2) is 12.6. The average molecular weight is 465 g/mol. The zero-order chi connectivity index (χ0) is 24.3. The molecule has 7 nitrogen and oxygen atoms in total. The molecule has 1 aromatic carbocycles. The fourth-order valence-corrected chi connectivity index (χ4v) is 4.15. The summed E-state index contributed by atoms with van der Waals surface area (Å²) in [4.78, 5) is 27.0. The highest BCUT2D eigenvalue weighted by Crippen LogP contribution is 2.33. The number of carbonyl (C=O) groups excluding carboxylic acids is 1. The summed E-state index contributed by atoms with van der Waals surface area (Å²) in [6.45, 7) is 4.40. The first-order chi connectivity index (χ1) is 16.5. The van der Waals surface area contributed by atoms with Crippen molar-refractivity contribution >= 4 is 17.6 Å². The standard InChI is InChI=1S/C27H32N2O5/c1-19(17-24(33-2)22-9-6-15-28-18-22)26(20-7-4-3-5-8-20)34-23-12-10-21(11-13-23)27(32)29-16-14-25(30)31/h6,9-13,15,17-18,20,26H,1,3-5,7-8,14,16H2,2H3,(H,29,32)(H,30,31)/b24-17-. The number of pyridine rings is 1. The van der Waals surface area contributed by atoms with E-state index in [-0.39, 0.29) is 25.0 Å². The van der Waals surface area contributed by atoms with Crippen molar-refractivity contribution in [1.29, 1.82) is 0 Å². The van der Waals surface area contributed by atoms with Gasteiger partial charge < -0.3 is 19.9 Å². The topological polar surface area (TPSA) is 97.8 Å². The molecule has 1 heterocycles. The summed E-state index contributed by atoms with van der Waals surface area (Å²) in [5.74, 6) is 0.393. The Labute approximate surface area is 200 Å². The molecule has 1 aliphatic rings. The van der Waals surface area contributed by atoms with E-state index >= 15 is 0 Å². The number of aliphatic carboxylic acids is 1. The van der Waals surface area contributed by atoms with Crippen LogP contribution in [0.2, 0.25) is 0 Å². The molecule has 1 unspecified atom stereocenters. The van der Waals surface area contributed by atoms with Crippen molar-refractivity contribution in [2.45, 2.75) is 44.6 Å². The molecule has 7 heteroatoms. The Morgan fingerprint density at radius 2 is 1.91 bits per heavy atom. The van der Waals surface area contributed by atoms with Crippen LogP contribution in [-0.4, -0.2) is 41.7 Å². The normalized spacial score (nSPS) is 15.3. The van der Waals surface area contributed by atoms with Crippen LogP contribution in [0.4, 0.5) is 0 Å². The van der Waals surface area contributed by atoms with Crippen molar-refractivity contribution in [3.63, 3.8) is 0 Å². The molecule has 1 fully saturated rings. The van der Waals surface area contributed by atoms with Crippen LogP contribution in [0.3, 0.4) is 0 Å². The summed E-state index contributed by atoms with van der Waals surface area (Å²) >= 11 is 0. The maximum atomic E-state index is 12.2. The van der Waals surface area contributed by atoms with Gasteiger partial charge in [0, 0.05) is 36.0 Å². The number of nitrogens with zero attached hydrogens (tertiary/aromatic N) is 1. The van der Waals surface area contributed by atoms with E-state index in [9.17, 15) is 9.59 Å². The zero-order valence-electron chi connectivity index (χ0n) is 19.5. The van der Waals surface area contributed by atoms with Gasteiger partial charge in [0.05, 0.1) is 13.5 Å². The van der Waals surface area contributed by atoms with Gasteiger partial charge in [-0.1, -0.05) is 25.8 Å². The van der Waals surface area contributed by atoms with Crippen LogP contribution in [0.5, 0.6) is 5.75 Å². The van der Waals surface area contributed by atoms with Crippen LogP contribution in [0.25, 0.3) is 5.76 Å². The van der Waals surface area contributed by atoms with Gasteiger partial charge in [-0.2, -0.15) is 0 Å². The molecule has 1 amide bonds. The predicted octanol–water partition coefficient (Wildman–Crippen LogP) is 4.86. The van der Waals surface area contributed by atoms with Crippen LogP contribution in [-0.2, 0) is 9.53 Å². The fourth-order valence-electron chi connectivity index (χ4n) is 4.15. The molecule has 2 N–H and O–H groups in total. The Morgan fingerprint density at radius 1 is 1.18 bits per heavy atom. The first-order valence-corrected chi connectivity index (χ1v) is 11.6. The number of aromatic nitrogens is 1. The number of benzene rings is 1. The number of nitrogens with one attached hydrogen (secondary N) is 1. The van der Waals surface area contributed by atoms with Crippen molar-refractivity contribution in [3.05, 3.63) is 78.1 Å². The monoisotopic (exact) mass is 464 g/mol. The smallest absolute Gasteiger partial charge is 0.305 e.